The summed E-state index contributed by atoms with van der Waals surface area (Å²) in [6.45, 7) is 6.04. The van der Waals surface area contributed by atoms with Gasteiger partial charge in [-0.15, -0.1) is 0 Å². The Kier molecular flexibility index (Phi) is 2.90. The van der Waals surface area contributed by atoms with Crippen molar-refractivity contribution in [1.82, 2.24) is 4.98 Å². The van der Waals surface area contributed by atoms with Crippen LogP contribution in [0.25, 0.3) is 10.9 Å². The average molecular weight is 217 g/mol. The molecule has 0 fully saturated rings. The van der Waals surface area contributed by atoms with E-state index in [1.165, 1.54) is 0 Å². The molecule has 0 spiro atoms. The maximum absolute atomic E-state index is 13.8. The Bertz CT molecular complexity index is 517. The van der Waals surface area contributed by atoms with Gasteiger partial charge in [-0.25, -0.2) is 4.39 Å². The van der Waals surface area contributed by atoms with Crippen molar-refractivity contribution in [2.24, 2.45) is 0 Å². The normalized spacial score (nSPS) is 11.3. The Morgan fingerprint density at radius 2 is 2.00 bits per heavy atom. The van der Waals surface area contributed by atoms with Gasteiger partial charge >= 0.3 is 0 Å². The predicted molar refractivity (Wildman–Crippen MR) is 65.2 cm³/mol. The minimum Gasteiger partial charge on any atom is -0.253 e. The molecule has 16 heavy (non-hydrogen) atoms. The fourth-order valence-corrected chi connectivity index (χ4v) is 1.84. The molecule has 0 N–H and O–H groups in total. The lowest BCUT2D eigenvalue weighted by atomic mass is 10.00. The highest BCUT2D eigenvalue weighted by atomic mass is 19.1. The molecule has 2 rings (SSSR count). The van der Waals surface area contributed by atoms with Gasteiger partial charge in [-0.3, -0.25) is 4.98 Å². The van der Waals surface area contributed by atoms with Gasteiger partial charge in [0.2, 0.25) is 0 Å². The van der Waals surface area contributed by atoms with Crippen LogP contribution in [0.5, 0.6) is 0 Å². The SMILES string of the molecule is CCc1ccc2cc(C(C)C)c(F)cc2n1. The summed E-state index contributed by atoms with van der Waals surface area (Å²) in [6.07, 6.45) is 0.878. The number of halogens is 1. The van der Waals surface area contributed by atoms with Gasteiger partial charge in [0.05, 0.1) is 5.52 Å². The van der Waals surface area contributed by atoms with Gasteiger partial charge in [0.15, 0.2) is 0 Å². The second kappa shape index (κ2) is 4.20. The molecule has 1 aromatic heterocycles. The van der Waals surface area contributed by atoms with Crippen LogP contribution >= 0.6 is 0 Å². The number of benzene rings is 1. The Balaban J connectivity index is 2.64. The summed E-state index contributed by atoms with van der Waals surface area (Å²) in [7, 11) is 0. The minimum atomic E-state index is -0.150. The monoisotopic (exact) mass is 217 g/mol. The van der Waals surface area contributed by atoms with Crippen LogP contribution < -0.4 is 0 Å². The molecular weight excluding hydrogens is 201 g/mol. The van der Waals surface area contributed by atoms with Gasteiger partial charge in [0.1, 0.15) is 5.82 Å². The van der Waals surface area contributed by atoms with Crippen molar-refractivity contribution >= 4 is 10.9 Å². The molecule has 2 aromatic rings. The lowest BCUT2D eigenvalue weighted by Gasteiger charge is -2.09. The predicted octanol–water partition coefficient (Wildman–Crippen LogP) is 4.06. The molecule has 1 nitrogen and oxygen atoms in total. The first-order valence-corrected chi connectivity index (χ1v) is 5.71. The van der Waals surface area contributed by atoms with E-state index < -0.39 is 0 Å². The smallest absolute Gasteiger partial charge is 0.128 e. The number of aryl methyl sites for hydroxylation is 1. The minimum absolute atomic E-state index is 0.150. The van der Waals surface area contributed by atoms with Crippen molar-refractivity contribution in [2.75, 3.05) is 0 Å². The number of hydrogen-bond donors (Lipinski definition) is 0. The van der Waals surface area contributed by atoms with Crippen molar-refractivity contribution < 1.29 is 4.39 Å². The van der Waals surface area contributed by atoms with Crippen LogP contribution in [0.15, 0.2) is 24.3 Å². The molecule has 0 aliphatic carbocycles. The number of hydrogen-bond acceptors (Lipinski definition) is 1. The summed E-state index contributed by atoms with van der Waals surface area (Å²) in [5.74, 6) is 0.0542. The molecule has 0 unspecified atom stereocenters. The van der Waals surface area contributed by atoms with Crippen LogP contribution in [0, 0.1) is 5.82 Å². The molecule has 0 saturated carbocycles. The number of fused-ring (bicyclic) bond motifs is 1. The van der Waals surface area contributed by atoms with Crippen LogP contribution in [-0.2, 0) is 6.42 Å². The fraction of sp³-hybridized carbons (Fsp3) is 0.357. The standard InChI is InChI=1S/C14H16FN/c1-4-11-6-5-10-7-12(9(2)3)13(15)8-14(10)16-11/h5-9H,4H2,1-3H3. The Hall–Kier alpha value is -1.44. The van der Waals surface area contributed by atoms with E-state index in [1.807, 2.05) is 39.0 Å². The van der Waals surface area contributed by atoms with E-state index in [0.717, 1.165) is 28.6 Å². The third-order valence-corrected chi connectivity index (χ3v) is 2.85. The first kappa shape index (κ1) is 11.1. The summed E-state index contributed by atoms with van der Waals surface area (Å²) < 4.78 is 13.8. The third kappa shape index (κ3) is 1.92. The topological polar surface area (TPSA) is 12.9 Å². The van der Waals surface area contributed by atoms with Crippen LogP contribution in [0.3, 0.4) is 0 Å². The van der Waals surface area contributed by atoms with Gasteiger partial charge in [-0.05, 0) is 30.0 Å². The van der Waals surface area contributed by atoms with E-state index in [1.54, 1.807) is 6.07 Å². The zero-order valence-corrected chi connectivity index (χ0v) is 9.92. The molecule has 1 heterocycles. The largest absolute Gasteiger partial charge is 0.253 e. The van der Waals surface area contributed by atoms with Gasteiger partial charge in [-0.2, -0.15) is 0 Å². The molecule has 0 atom stereocenters. The van der Waals surface area contributed by atoms with Crippen molar-refractivity contribution in [3.05, 3.63) is 41.3 Å². The zero-order valence-electron chi connectivity index (χ0n) is 9.92. The highest BCUT2D eigenvalue weighted by Crippen LogP contribution is 2.24. The van der Waals surface area contributed by atoms with Crippen LogP contribution in [0.2, 0.25) is 0 Å². The molecule has 0 aliphatic rings. The highest BCUT2D eigenvalue weighted by Gasteiger charge is 2.09. The first-order valence-electron chi connectivity index (χ1n) is 5.71. The summed E-state index contributed by atoms with van der Waals surface area (Å²) in [5.41, 5.74) is 2.52. The van der Waals surface area contributed by atoms with Crippen molar-refractivity contribution in [2.45, 2.75) is 33.1 Å². The van der Waals surface area contributed by atoms with Crippen LogP contribution in [0.1, 0.15) is 37.9 Å². The van der Waals surface area contributed by atoms with E-state index in [9.17, 15) is 4.39 Å². The van der Waals surface area contributed by atoms with Gasteiger partial charge in [0.25, 0.3) is 0 Å². The van der Waals surface area contributed by atoms with E-state index in [-0.39, 0.29) is 11.7 Å². The molecule has 84 valence electrons. The van der Waals surface area contributed by atoms with E-state index >= 15 is 0 Å². The number of aromatic nitrogens is 1. The summed E-state index contributed by atoms with van der Waals surface area (Å²) in [4.78, 5) is 4.41. The number of nitrogens with zero attached hydrogens (tertiary/aromatic N) is 1. The average Bonchev–Trinajstić information content (AvgIpc) is 2.27. The van der Waals surface area contributed by atoms with Crippen LogP contribution in [-0.4, -0.2) is 4.98 Å². The molecule has 0 aliphatic heterocycles. The molecule has 0 amide bonds. The van der Waals surface area contributed by atoms with Crippen LogP contribution in [0.4, 0.5) is 4.39 Å². The lowest BCUT2D eigenvalue weighted by Crippen LogP contribution is -1.95. The molecular formula is C14H16FN. The van der Waals surface area contributed by atoms with Crippen molar-refractivity contribution in [3.63, 3.8) is 0 Å². The first-order chi connectivity index (χ1) is 7.61. The quantitative estimate of drug-likeness (QED) is 0.739. The molecule has 1 aromatic carbocycles. The van der Waals surface area contributed by atoms with E-state index in [4.69, 9.17) is 0 Å². The summed E-state index contributed by atoms with van der Waals surface area (Å²) >= 11 is 0. The maximum atomic E-state index is 13.8. The van der Waals surface area contributed by atoms with Crippen molar-refractivity contribution in [3.8, 4) is 0 Å². The second-order valence-corrected chi connectivity index (χ2v) is 4.38. The van der Waals surface area contributed by atoms with E-state index in [2.05, 4.69) is 4.98 Å². The maximum Gasteiger partial charge on any atom is 0.128 e. The molecule has 2 heteroatoms. The highest BCUT2D eigenvalue weighted by molar-refractivity contribution is 5.79. The third-order valence-electron chi connectivity index (χ3n) is 2.85. The zero-order chi connectivity index (χ0) is 11.7. The number of pyridine rings is 1. The molecule has 0 bridgehead atoms. The molecule has 0 saturated heterocycles. The molecule has 0 radical (unpaired) electrons. The Labute approximate surface area is 95.3 Å². The van der Waals surface area contributed by atoms with Crippen molar-refractivity contribution in [1.29, 1.82) is 0 Å². The van der Waals surface area contributed by atoms with Gasteiger partial charge < -0.3 is 0 Å². The lowest BCUT2D eigenvalue weighted by molar-refractivity contribution is 0.600. The second-order valence-electron chi connectivity index (χ2n) is 4.38. The Morgan fingerprint density at radius 3 is 2.62 bits per heavy atom. The van der Waals surface area contributed by atoms with E-state index in [0.29, 0.717) is 0 Å². The van der Waals surface area contributed by atoms with Gasteiger partial charge in [-0.1, -0.05) is 26.8 Å². The van der Waals surface area contributed by atoms with Gasteiger partial charge in [0, 0.05) is 17.1 Å². The Morgan fingerprint density at radius 1 is 1.25 bits per heavy atom. The summed E-state index contributed by atoms with van der Waals surface area (Å²) in [6, 6.07) is 7.47. The fourth-order valence-electron chi connectivity index (χ4n) is 1.84. The number of rotatable bonds is 2. The summed E-state index contributed by atoms with van der Waals surface area (Å²) in [5, 5.41) is 1.02.